The third kappa shape index (κ3) is 2.72. The fourth-order valence-electron chi connectivity index (χ4n) is 2.37. The fraction of sp³-hybridized carbons (Fsp3) is 0.312. The number of anilines is 2. The first kappa shape index (κ1) is 14.3. The Labute approximate surface area is 129 Å². The normalized spacial score (nSPS) is 11.1. The average molecular weight is 296 g/mol. The van der Waals surface area contributed by atoms with Gasteiger partial charge in [-0.25, -0.2) is 0 Å². The van der Waals surface area contributed by atoms with Crippen LogP contribution in [0.4, 0.5) is 11.4 Å². The van der Waals surface area contributed by atoms with Crippen LogP contribution in [0.3, 0.4) is 0 Å². The van der Waals surface area contributed by atoms with Crippen LogP contribution < -0.4 is 4.90 Å². The van der Waals surface area contributed by atoms with Gasteiger partial charge in [0.2, 0.25) is 5.82 Å². The highest BCUT2D eigenvalue weighted by molar-refractivity contribution is 5.68. The van der Waals surface area contributed by atoms with Gasteiger partial charge < -0.3 is 9.88 Å². The Kier molecular flexibility index (Phi) is 3.91. The first-order valence-corrected chi connectivity index (χ1v) is 7.49. The monoisotopic (exact) mass is 296 g/mol. The molecule has 6 heteroatoms. The summed E-state index contributed by atoms with van der Waals surface area (Å²) >= 11 is 0. The minimum Gasteiger partial charge on any atom is -0.366 e. The quantitative estimate of drug-likeness (QED) is 0.783. The molecule has 3 rings (SSSR count). The lowest BCUT2D eigenvalue weighted by Crippen LogP contribution is -2.15. The molecule has 0 amide bonds. The van der Waals surface area contributed by atoms with E-state index in [-0.39, 0.29) is 6.04 Å². The van der Waals surface area contributed by atoms with E-state index in [1.165, 1.54) is 0 Å². The van der Waals surface area contributed by atoms with E-state index >= 15 is 0 Å². The van der Waals surface area contributed by atoms with Crippen molar-refractivity contribution in [2.75, 3.05) is 11.4 Å². The number of aromatic nitrogens is 5. The van der Waals surface area contributed by atoms with Gasteiger partial charge in [0.15, 0.2) is 0 Å². The van der Waals surface area contributed by atoms with Crippen LogP contribution in [0.25, 0.3) is 11.4 Å². The summed E-state index contributed by atoms with van der Waals surface area (Å²) in [4.78, 5) is 6.96. The number of aromatic amines is 1. The Morgan fingerprint density at radius 3 is 2.73 bits per heavy atom. The summed E-state index contributed by atoms with van der Waals surface area (Å²) in [6, 6.07) is 10.5. The maximum absolute atomic E-state index is 4.44. The zero-order chi connectivity index (χ0) is 15.5. The molecule has 2 aromatic heterocycles. The Morgan fingerprint density at radius 2 is 2.09 bits per heavy atom. The van der Waals surface area contributed by atoms with Crippen molar-refractivity contribution in [2.24, 2.45) is 0 Å². The molecule has 1 N–H and O–H groups in total. The van der Waals surface area contributed by atoms with E-state index in [4.69, 9.17) is 0 Å². The van der Waals surface area contributed by atoms with E-state index in [0.29, 0.717) is 5.82 Å². The van der Waals surface area contributed by atoms with Crippen molar-refractivity contribution in [1.82, 2.24) is 25.2 Å². The summed E-state index contributed by atoms with van der Waals surface area (Å²) in [5.74, 6) is 0.653. The Bertz CT molecular complexity index is 729. The molecule has 1 aromatic carbocycles. The highest BCUT2D eigenvalue weighted by Crippen LogP contribution is 2.27. The molecule has 0 atom stereocenters. The molecular weight excluding hydrogens is 276 g/mol. The molecule has 22 heavy (non-hydrogen) atoms. The molecule has 2 heterocycles. The first-order chi connectivity index (χ1) is 10.7. The first-order valence-electron chi connectivity index (χ1n) is 7.49. The number of hydrogen-bond acceptors (Lipinski definition) is 4. The average Bonchev–Trinajstić information content (AvgIpc) is 3.20. The summed E-state index contributed by atoms with van der Waals surface area (Å²) in [6.45, 7) is 7.08. The topological polar surface area (TPSA) is 62.6 Å². The second kappa shape index (κ2) is 6.01. The van der Waals surface area contributed by atoms with Crippen molar-refractivity contribution >= 4 is 11.4 Å². The van der Waals surface area contributed by atoms with Crippen LogP contribution in [0.2, 0.25) is 0 Å². The molecule has 0 aliphatic rings. The molecule has 0 unspecified atom stereocenters. The second-order valence-electron chi connectivity index (χ2n) is 5.39. The minimum absolute atomic E-state index is 0.205. The van der Waals surface area contributed by atoms with Crippen LogP contribution in [0, 0.1) is 0 Å². The summed E-state index contributed by atoms with van der Waals surface area (Å²) in [5, 5.41) is 12.7. The van der Waals surface area contributed by atoms with Crippen LogP contribution in [0.5, 0.6) is 0 Å². The number of nitrogens with zero attached hydrogens (tertiary/aromatic N) is 5. The van der Waals surface area contributed by atoms with Gasteiger partial charge in [0.05, 0.1) is 11.7 Å². The molecule has 3 aromatic rings. The molecule has 0 aliphatic carbocycles. The van der Waals surface area contributed by atoms with Crippen molar-refractivity contribution in [3.63, 3.8) is 0 Å². The van der Waals surface area contributed by atoms with Gasteiger partial charge >= 0.3 is 0 Å². The lowest BCUT2D eigenvalue weighted by atomic mass is 10.1. The molecule has 0 fully saturated rings. The van der Waals surface area contributed by atoms with E-state index in [1.807, 2.05) is 38.4 Å². The predicted molar refractivity (Wildman–Crippen MR) is 87.1 cm³/mol. The van der Waals surface area contributed by atoms with Gasteiger partial charge in [-0.05, 0) is 44.2 Å². The molecule has 0 saturated heterocycles. The lowest BCUT2D eigenvalue weighted by molar-refractivity contribution is 0.455. The SMILES string of the molecule is CCN(c1cc[nH]c1)c1cccc(-c2nnn(C(C)C)n2)c1. The van der Waals surface area contributed by atoms with Gasteiger partial charge in [-0.1, -0.05) is 12.1 Å². The maximum Gasteiger partial charge on any atom is 0.205 e. The maximum atomic E-state index is 4.44. The van der Waals surface area contributed by atoms with Crippen LogP contribution in [-0.4, -0.2) is 31.7 Å². The Balaban J connectivity index is 1.94. The summed E-state index contributed by atoms with van der Waals surface area (Å²) in [6.07, 6.45) is 3.92. The third-order valence-electron chi connectivity index (χ3n) is 3.52. The molecule has 0 saturated carbocycles. The van der Waals surface area contributed by atoms with Gasteiger partial charge in [0, 0.05) is 30.2 Å². The molecular formula is C16H20N6. The molecule has 0 spiro atoms. The van der Waals surface area contributed by atoms with Gasteiger partial charge in [-0.2, -0.15) is 4.80 Å². The molecule has 6 nitrogen and oxygen atoms in total. The van der Waals surface area contributed by atoms with E-state index < -0.39 is 0 Å². The second-order valence-corrected chi connectivity index (χ2v) is 5.39. The van der Waals surface area contributed by atoms with Crippen molar-refractivity contribution in [3.8, 4) is 11.4 Å². The zero-order valence-electron chi connectivity index (χ0n) is 13.1. The van der Waals surface area contributed by atoms with Crippen molar-refractivity contribution in [3.05, 3.63) is 42.7 Å². The fourth-order valence-corrected chi connectivity index (χ4v) is 2.37. The van der Waals surface area contributed by atoms with Crippen molar-refractivity contribution < 1.29 is 0 Å². The van der Waals surface area contributed by atoms with Gasteiger partial charge in [-0.15, -0.1) is 10.2 Å². The highest BCUT2D eigenvalue weighted by atomic mass is 15.6. The number of benzene rings is 1. The lowest BCUT2D eigenvalue weighted by Gasteiger charge is -2.22. The zero-order valence-corrected chi connectivity index (χ0v) is 13.1. The van der Waals surface area contributed by atoms with Crippen molar-refractivity contribution in [1.29, 1.82) is 0 Å². The van der Waals surface area contributed by atoms with E-state index in [2.05, 4.69) is 50.4 Å². The van der Waals surface area contributed by atoms with Crippen LogP contribution >= 0.6 is 0 Å². The smallest absolute Gasteiger partial charge is 0.205 e. The Hall–Kier alpha value is -2.63. The van der Waals surface area contributed by atoms with Crippen LogP contribution in [0.15, 0.2) is 42.7 Å². The predicted octanol–water partition coefficient (Wildman–Crippen LogP) is 3.41. The van der Waals surface area contributed by atoms with E-state index in [1.54, 1.807) is 4.80 Å². The van der Waals surface area contributed by atoms with E-state index in [0.717, 1.165) is 23.5 Å². The summed E-state index contributed by atoms with van der Waals surface area (Å²) < 4.78 is 0. The standard InChI is InChI=1S/C16H20N6/c1-4-21(15-8-9-17-11-15)14-7-5-6-13(10-14)16-18-20-22(19-16)12(2)3/h5-12,17H,4H2,1-3H3. The molecule has 0 aliphatic heterocycles. The number of tetrazole rings is 1. The minimum atomic E-state index is 0.205. The highest BCUT2D eigenvalue weighted by Gasteiger charge is 2.12. The van der Waals surface area contributed by atoms with Crippen LogP contribution in [0.1, 0.15) is 26.8 Å². The number of hydrogen-bond donors (Lipinski definition) is 1. The number of H-pyrrole nitrogens is 1. The summed E-state index contributed by atoms with van der Waals surface area (Å²) in [5.41, 5.74) is 3.22. The third-order valence-corrected chi connectivity index (χ3v) is 3.52. The molecule has 0 radical (unpaired) electrons. The van der Waals surface area contributed by atoms with Gasteiger partial charge in [0.1, 0.15) is 0 Å². The number of nitrogens with one attached hydrogen (secondary N) is 1. The van der Waals surface area contributed by atoms with Gasteiger partial charge in [0.25, 0.3) is 0 Å². The van der Waals surface area contributed by atoms with Crippen LogP contribution in [-0.2, 0) is 0 Å². The van der Waals surface area contributed by atoms with E-state index in [9.17, 15) is 0 Å². The number of rotatable bonds is 5. The summed E-state index contributed by atoms with van der Waals surface area (Å²) in [7, 11) is 0. The Morgan fingerprint density at radius 1 is 1.23 bits per heavy atom. The largest absolute Gasteiger partial charge is 0.366 e. The molecule has 114 valence electrons. The van der Waals surface area contributed by atoms with Gasteiger partial charge in [-0.3, -0.25) is 0 Å². The van der Waals surface area contributed by atoms with Crippen molar-refractivity contribution in [2.45, 2.75) is 26.8 Å². The molecule has 0 bridgehead atoms.